The fourth-order valence-electron chi connectivity index (χ4n) is 8.80. The van der Waals surface area contributed by atoms with Gasteiger partial charge < -0.3 is 14.6 Å². The number of halogens is 1. The number of para-hydroxylation sites is 2. The van der Waals surface area contributed by atoms with Gasteiger partial charge in [0.05, 0.1) is 22.8 Å². The van der Waals surface area contributed by atoms with Crippen LogP contribution in [0, 0.1) is 17.2 Å². The Kier molecular flexibility index (Phi) is 6.91. The second-order valence-electron chi connectivity index (χ2n) is 13.1. The van der Waals surface area contributed by atoms with E-state index in [2.05, 4.69) is 49.7 Å². The van der Waals surface area contributed by atoms with Gasteiger partial charge in [0.15, 0.2) is 0 Å². The Hall–Kier alpha value is -2.77. The number of carboxylic acid groups (broad SMARTS) is 1. The zero-order valence-corrected chi connectivity index (χ0v) is 23.3. The highest BCUT2D eigenvalue weighted by molar-refractivity contribution is 5.75. The summed E-state index contributed by atoms with van der Waals surface area (Å²) >= 11 is 0. The van der Waals surface area contributed by atoms with E-state index in [4.69, 9.17) is 0 Å². The molecule has 3 saturated heterocycles. The number of piperidine rings is 1. The molecule has 40 heavy (non-hydrogen) atoms. The van der Waals surface area contributed by atoms with Crippen molar-refractivity contribution in [3.05, 3.63) is 66.2 Å². The molecule has 1 saturated carbocycles. The van der Waals surface area contributed by atoms with Gasteiger partial charge in [0.1, 0.15) is 5.82 Å². The molecule has 1 N–H and O–H groups in total. The Morgan fingerprint density at radius 1 is 0.975 bits per heavy atom. The van der Waals surface area contributed by atoms with Crippen molar-refractivity contribution >= 4 is 17.0 Å². The van der Waals surface area contributed by atoms with Gasteiger partial charge in [-0.25, -0.2) is 9.37 Å². The lowest BCUT2D eigenvalue weighted by Gasteiger charge is -2.41. The van der Waals surface area contributed by atoms with Crippen LogP contribution in [0.5, 0.6) is 0 Å². The zero-order chi connectivity index (χ0) is 27.3. The normalized spacial score (nSPS) is 30.7. The minimum Gasteiger partial charge on any atom is -0.481 e. The van der Waals surface area contributed by atoms with Crippen molar-refractivity contribution < 1.29 is 14.3 Å². The monoisotopic (exact) mass is 544 g/mol. The maximum atomic E-state index is 14.4. The minimum atomic E-state index is -0.634. The minimum absolute atomic E-state index is 0.183. The van der Waals surface area contributed by atoms with Crippen LogP contribution in [0.15, 0.2) is 54.9 Å². The molecule has 7 rings (SSSR count). The molecule has 4 aliphatic rings. The first kappa shape index (κ1) is 26.1. The van der Waals surface area contributed by atoms with Crippen molar-refractivity contribution in [3.63, 3.8) is 0 Å². The molecule has 7 heteroatoms. The van der Waals surface area contributed by atoms with Crippen LogP contribution in [-0.4, -0.2) is 68.7 Å². The summed E-state index contributed by atoms with van der Waals surface area (Å²) in [6.45, 7) is 3.33. The lowest BCUT2D eigenvalue weighted by atomic mass is 9.73. The lowest BCUT2D eigenvalue weighted by Crippen LogP contribution is -2.47. The summed E-state index contributed by atoms with van der Waals surface area (Å²) in [5.41, 5.74) is 2.73. The smallest absolute Gasteiger partial charge is 0.310 e. The molecule has 3 aromatic rings. The van der Waals surface area contributed by atoms with E-state index < -0.39 is 11.4 Å². The molecule has 2 bridgehead atoms. The topological polar surface area (TPSA) is 61.6 Å². The van der Waals surface area contributed by atoms with E-state index in [-0.39, 0.29) is 11.7 Å². The van der Waals surface area contributed by atoms with Gasteiger partial charge >= 0.3 is 5.97 Å². The fourth-order valence-corrected chi connectivity index (χ4v) is 8.80. The number of hydrogen-bond acceptors (Lipinski definition) is 4. The van der Waals surface area contributed by atoms with E-state index in [0.29, 0.717) is 30.6 Å². The first-order valence-corrected chi connectivity index (χ1v) is 15.4. The molecule has 6 nitrogen and oxygen atoms in total. The highest BCUT2D eigenvalue weighted by Gasteiger charge is 2.47. The summed E-state index contributed by atoms with van der Waals surface area (Å²) in [6.07, 6.45) is 11.5. The SMILES string of the molecule is O=C(O)C1(CN2C[C@H](CN3[C@@H]4CC[C@H]3CC(n3cnc5ccccc53)C4)[C@@H](c3cccc(F)c3)C2)CCCCC1. The number of fused-ring (bicyclic) bond motifs is 3. The number of rotatable bonds is 7. The first-order chi connectivity index (χ1) is 19.5. The third-order valence-corrected chi connectivity index (χ3v) is 10.8. The fraction of sp³-hybridized carbons (Fsp3) is 0.576. The number of carbonyl (C=O) groups is 1. The number of imidazole rings is 1. The molecule has 5 atom stereocenters. The molecule has 1 unspecified atom stereocenters. The standard InChI is InChI=1S/C33H41FN4O2/c34-25-8-6-7-23(15-25)29-20-36(21-33(32(39)40)13-4-1-5-14-33)18-24(29)19-37-26-11-12-27(37)17-28(16-26)38-22-35-30-9-2-3-10-31(30)38/h2-3,6-10,15,22,24,26-29H,1,4-5,11-14,16-21H2,(H,39,40)/t24-,26-,27+,28?,29-/m1/s1. The molecule has 0 radical (unpaired) electrons. The van der Waals surface area contributed by atoms with Gasteiger partial charge in [-0.15, -0.1) is 0 Å². The highest BCUT2D eigenvalue weighted by atomic mass is 19.1. The predicted molar refractivity (Wildman–Crippen MR) is 154 cm³/mol. The summed E-state index contributed by atoms with van der Waals surface area (Å²) in [5.74, 6) is -0.229. The number of benzene rings is 2. The summed E-state index contributed by atoms with van der Waals surface area (Å²) in [5, 5.41) is 10.3. The molecule has 0 spiro atoms. The Morgan fingerprint density at radius 2 is 1.75 bits per heavy atom. The molecule has 2 aromatic carbocycles. The second-order valence-corrected chi connectivity index (χ2v) is 13.1. The quantitative estimate of drug-likeness (QED) is 0.390. The molecule has 3 aliphatic heterocycles. The summed E-state index contributed by atoms with van der Waals surface area (Å²) in [6, 6.07) is 17.1. The number of hydrogen-bond donors (Lipinski definition) is 1. The third-order valence-electron chi connectivity index (χ3n) is 10.8. The summed E-state index contributed by atoms with van der Waals surface area (Å²) in [4.78, 5) is 22.3. The van der Waals surface area contributed by atoms with Crippen LogP contribution in [-0.2, 0) is 4.79 Å². The van der Waals surface area contributed by atoms with E-state index >= 15 is 0 Å². The van der Waals surface area contributed by atoms with Crippen LogP contribution in [0.2, 0.25) is 0 Å². The van der Waals surface area contributed by atoms with E-state index in [1.807, 2.05) is 12.4 Å². The van der Waals surface area contributed by atoms with Crippen LogP contribution >= 0.6 is 0 Å². The summed E-state index contributed by atoms with van der Waals surface area (Å²) < 4.78 is 16.8. The van der Waals surface area contributed by atoms with Gasteiger partial charge in [-0.2, -0.15) is 0 Å². The Balaban J connectivity index is 1.10. The lowest BCUT2D eigenvalue weighted by molar-refractivity contribution is -0.152. The van der Waals surface area contributed by atoms with Gasteiger partial charge in [0.25, 0.3) is 0 Å². The average Bonchev–Trinajstić information content (AvgIpc) is 3.63. The van der Waals surface area contributed by atoms with Crippen molar-refractivity contribution in [3.8, 4) is 0 Å². The molecule has 1 aromatic heterocycles. The number of likely N-dealkylation sites (tertiary alicyclic amines) is 1. The molecule has 1 aliphatic carbocycles. The van der Waals surface area contributed by atoms with Gasteiger partial charge in [-0.1, -0.05) is 43.5 Å². The van der Waals surface area contributed by atoms with Crippen LogP contribution in [0.25, 0.3) is 11.0 Å². The van der Waals surface area contributed by atoms with E-state index in [1.165, 1.54) is 24.4 Å². The number of carboxylic acids is 1. The van der Waals surface area contributed by atoms with Gasteiger partial charge in [-0.3, -0.25) is 9.69 Å². The highest BCUT2D eigenvalue weighted by Crippen LogP contribution is 2.45. The zero-order valence-electron chi connectivity index (χ0n) is 23.3. The van der Waals surface area contributed by atoms with Crippen molar-refractivity contribution in [2.75, 3.05) is 26.2 Å². The number of aromatic nitrogens is 2. The second kappa shape index (κ2) is 10.6. The van der Waals surface area contributed by atoms with Crippen molar-refractivity contribution in [1.29, 1.82) is 0 Å². The largest absolute Gasteiger partial charge is 0.481 e. The number of aliphatic carboxylic acids is 1. The van der Waals surface area contributed by atoms with E-state index in [0.717, 1.165) is 75.7 Å². The van der Waals surface area contributed by atoms with Crippen LogP contribution < -0.4 is 0 Å². The Labute approximate surface area is 236 Å². The Bertz CT molecular complexity index is 1350. The third kappa shape index (κ3) is 4.75. The van der Waals surface area contributed by atoms with E-state index in [1.54, 1.807) is 6.07 Å². The van der Waals surface area contributed by atoms with Gasteiger partial charge in [0.2, 0.25) is 0 Å². The molecular weight excluding hydrogens is 503 g/mol. The van der Waals surface area contributed by atoms with Crippen LogP contribution in [0.4, 0.5) is 4.39 Å². The molecule has 4 heterocycles. The maximum Gasteiger partial charge on any atom is 0.310 e. The molecule has 0 amide bonds. The van der Waals surface area contributed by atoms with Crippen LogP contribution in [0.1, 0.15) is 75.3 Å². The van der Waals surface area contributed by atoms with Gasteiger partial charge in [0, 0.05) is 50.2 Å². The van der Waals surface area contributed by atoms with E-state index in [9.17, 15) is 14.3 Å². The van der Waals surface area contributed by atoms with Gasteiger partial charge in [-0.05, 0) is 74.3 Å². The maximum absolute atomic E-state index is 14.4. The van der Waals surface area contributed by atoms with Crippen molar-refractivity contribution in [2.45, 2.75) is 81.8 Å². The van der Waals surface area contributed by atoms with Crippen molar-refractivity contribution in [1.82, 2.24) is 19.4 Å². The number of nitrogens with zero attached hydrogens (tertiary/aromatic N) is 4. The molecule has 4 fully saturated rings. The predicted octanol–water partition coefficient (Wildman–Crippen LogP) is 6.09. The van der Waals surface area contributed by atoms with Crippen LogP contribution in [0.3, 0.4) is 0 Å². The average molecular weight is 545 g/mol. The first-order valence-electron chi connectivity index (χ1n) is 15.4. The van der Waals surface area contributed by atoms with Crippen molar-refractivity contribution in [2.24, 2.45) is 11.3 Å². The molecule has 212 valence electrons. The Morgan fingerprint density at radius 3 is 2.50 bits per heavy atom. The summed E-state index contributed by atoms with van der Waals surface area (Å²) in [7, 11) is 0. The molecular formula is C33H41FN4O2.